The van der Waals surface area contributed by atoms with Gasteiger partial charge in [-0.2, -0.15) is 5.26 Å². The molecule has 4 heterocycles. The van der Waals surface area contributed by atoms with Crippen molar-refractivity contribution in [3.63, 3.8) is 0 Å². The van der Waals surface area contributed by atoms with Crippen molar-refractivity contribution in [1.29, 1.82) is 5.26 Å². The fourth-order valence-electron chi connectivity index (χ4n) is 4.56. The van der Waals surface area contributed by atoms with E-state index in [1.807, 2.05) is 18.7 Å². The van der Waals surface area contributed by atoms with Crippen LogP contribution in [0.2, 0.25) is 0 Å². The predicted octanol–water partition coefficient (Wildman–Crippen LogP) is 2.21. The molecule has 0 radical (unpaired) electrons. The van der Waals surface area contributed by atoms with Crippen molar-refractivity contribution in [1.82, 2.24) is 9.97 Å². The highest BCUT2D eigenvalue weighted by molar-refractivity contribution is 6.13. The Morgan fingerprint density at radius 3 is 2.32 bits per heavy atom. The van der Waals surface area contributed by atoms with Crippen LogP contribution in [0.3, 0.4) is 0 Å². The standard InChI is InChI=1S/C22H29N7O2/c1-11(2)5-6-29-16(30)7-14-17-15(8-23)21(28-9-12(3)31-13(4)10-28)26-19(24)18(17)20(25)27-22(14)29/h11-13H,5-7,9-10H2,1-4H3,(H2,24,26)(H2,25,27)/t12-,13-/m1/s1. The summed E-state index contributed by atoms with van der Waals surface area (Å²) in [7, 11) is 0. The van der Waals surface area contributed by atoms with Gasteiger partial charge in [0, 0.05) is 30.6 Å². The summed E-state index contributed by atoms with van der Waals surface area (Å²) in [4.78, 5) is 25.6. The normalized spacial score (nSPS) is 21.1. The van der Waals surface area contributed by atoms with E-state index in [9.17, 15) is 10.1 Å². The lowest BCUT2D eigenvalue weighted by Gasteiger charge is -2.36. The molecule has 4 rings (SSSR count). The first-order chi connectivity index (χ1) is 14.7. The van der Waals surface area contributed by atoms with E-state index in [1.54, 1.807) is 4.90 Å². The monoisotopic (exact) mass is 423 g/mol. The van der Waals surface area contributed by atoms with Crippen molar-refractivity contribution in [2.45, 2.75) is 52.7 Å². The lowest BCUT2D eigenvalue weighted by molar-refractivity contribution is -0.117. The number of nitrogens with two attached hydrogens (primary N) is 2. The van der Waals surface area contributed by atoms with Crippen molar-refractivity contribution in [3.8, 4) is 6.07 Å². The molecule has 1 saturated heterocycles. The summed E-state index contributed by atoms with van der Waals surface area (Å²) in [6.07, 6.45) is 1.01. The number of amides is 1. The molecule has 2 aliphatic rings. The number of rotatable bonds is 4. The van der Waals surface area contributed by atoms with Gasteiger partial charge in [0.25, 0.3) is 0 Å². The quantitative estimate of drug-likeness (QED) is 0.764. The maximum atomic E-state index is 12.8. The van der Waals surface area contributed by atoms with Gasteiger partial charge in [-0.1, -0.05) is 13.8 Å². The molecule has 4 N–H and O–H groups in total. The molecular formula is C22H29N7O2. The Bertz CT molecular complexity index is 1080. The molecule has 1 fully saturated rings. The minimum absolute atomic E-state index is 0.00431. The second-order valence-corrected chi connectivity index (χ2v) is 8.92. The SMILES string of the molecule is CC(C)CCN1C(=O)Cc2c1nc(N)c1c(N)nc(N3C[C@@H](C)O[C@H](C)C3)c(C#N)c21. The number of nitrogens with zero attached hydrogens (tertiary/aromatic N) is 5. The molecule has 164 valence electrons. The highest BCUT2D eigenvalue weighted by Crippen LogP contribution is 2.42. The Kier molecular flexibility index (Phi) is 5.35. The summed E-state index contributed by atoms with van der Waals surface area (Å²) in [6.45, 7) is 9.96. The van der Waals surface area contributed by atoms with Gasteiger partial charge in [-0.25, -0.2) is 9.97 Å². The number of carbonyl (C=O) groups is 1. The van der Waals surface area contributed by atoms with E-state index in [2.05, 4.69) is 29.9 Å². The van der Waals surface area contributed by atoms with Gasteiger partial charge >= 0.3 is 0 Å². The van der Waals surface area contributed by atoms with E-state index in [1.165, 1.54) is 0 Å². The molecule has 0 aromatic carbocycles. The summed E-state index contributed by atoms with van der Waals surface area (Å²) in [5.74, 6) is 1.86. The first-order valence-electron chi connectivity index (χ1n) is 10.7. The number of hydrogen-bond acceptors (Lipinski definition) is 8. The van der Waals surface area contributed by atoms with Crippen LogP contribution in [0, 0.1) is 17.2 Å². The number of aromatic nitrogens is 2. The average Bonchev–Trinajstić information content (AvgIpc) is 3.00. The molecule has 2 atom stereocenters. The van der Waals surface area contributed by atoms with Crippen LogP contribution >= 0.6 is 0 Å². The number of pyridine rings is 2. The van der Waals surface area contributed by atoms with Gasteiger partial charge in [-0.15, -0.1) is 0 Å². The Balaban J connectivity index is 1.92. The molecule has 9 heteroatoms. The van der Waals surface area contributed by atoms with Gasteiger partial charge in [-0.3, -0.25) is 9.69 Å². The number of nitriles is 1. The molecule has 0 aliphatic carbocycles. The van der Waals surface area contributed by atoms with Gasteiger partial charge < -0.3 is 21.1 Å². The number of morpholine rings is 1. The Hall–Kier alpha value is -3.12. The number of anilines is 4. The summed E-state index contributed by atoms with van der Waals surface area (Å²) in [6, 6.07) is 2.32. The van der Waals surface area contributed by atoms with Crippen LogP contribution in [-0.4, -0.2) is 47.7 Å². The van der Waals surface area contributed by atoms with Crippen LogP contribution in [0.15, 0.2) is 0 Å². The molecule has 2 aromatic rings. The third kappa shape index (κ3) is 3.61. The molecule has 1 amide bonds. The van der Waals surface area contributed by atoms with Crippen LogP contribution < -0.4 is 21.3 Å². The van der Waals surface area contributed by atoms with Crippen molar-refractivity contribution in [3.05, 3.63) is 11.1 Å². The molecule has 31 heavy (non-hydrogen) atoms. The first-order valence-corrected chi connectivity index (χ1v) is 10.7. The number of fused-ring (bicyclic) bond motifs is 3. The van der Waals surface area contributed by atoms with Crippen LogP contribution in [-0.2, 0) is 16.0 Å². The molecule has 9 nitrogen and oxygen atoms in total. The molecule has 2 aromatic heterocycles. The molecule has 0 bridgehead atoms. The predicted molar refractivity (Wildman–Crippen MR) is 121 cm³/mol. The zero-order valence-corrected chi connectivity index (χ0v) is 18.5. The Labute approximate surface area is 182 Å². The lowest BCUT2D eigenvalue weighted by Crippen LogP contribution is -2.46. The second-order valence-electron chi connectivity index (χ2n) is 8.92. The molecule has 2 aliphatic heterocycles. The summed E-state index contributed by atoms with van der Waals surface area (Å²) in [5.41, 5.74) is 13.7. The van der Waals surface area contributed by atoms with Gasteiger partial charge in [0.05, 0.1) is 24.0 Å². The smallest absolute Gasteiger partial charge is 0.232 e. The third-order valence-corrected chi connectivity index (χ3v) is 5.91. The summed E-state index contributed by atoms with van der Waals surface area (Å²) in [5, 5.41) is 11.2. The highest BCUT2D eigenvalue weighted by Gasteiger charge is 2.35. The van der Waals surface area contributed by atoms with E-state index in [4.69, 9.17) is 16.2 Å². The minimum atomic E-state index is -0.0375. The van der Waals surface area contributed by atoms with Gasteiger partial charge in [0.2, 0.25) is 5.91 Å². The largest absolute Gasteiger partial charge is 0.383 e. The first kappa shape index (κ1) is 21.1. The van der Waals surface area contributed by atoms with Crippen LogP contribution in [0.5, 0.6) is 0 Å². The second kappa shape index (κ2) is 7.85. The number of hydrogen-bond donors (Lipinski definition) is 2. The van der Waals surface area contributed by atoms with Crippen molar-refractivity contribution < 1.29 is 9.53 Å². The average molecular weight is 424 g/mol. The van der Waals surface area contributed by atoms with Crippen LogP contribution in [0.25, 0.3) is 10.8 Å². The molecular weight excluding hydrogens is 394 g/mol. The minimum Gasteiger partial charge on any atom is -0.383 e. The van der Waals surface area contributed by atoms with Crippen molar-refractivity contribution in [2.75, 3.05) is 40.9 Å². The molecule has 0 spiro atoms. The molecule has 0 saturated carbocycles. The summed E-state index contributed by atoms with van der Waals surface area (Å²) >= 11 is 0. The zero-order valence-electron chi connectivity index (χ0n) is 18.5. The third-order valence-electron chi connectivity index (χ3n) is 5.91. The maximum Gasteiger partial charge on any atom is 0.232 e. The number of nitrogen functional groups attached to an aromatic ring is 2. The fourth-order valence-corrected chi connectivity index (χ4v) is 4.56. The van der Waals surface area contributed by atoms with Gasteiger partial charge in [0.1, 0.15) is 34.9 Å². The number of ether oxygens (including phenoxy) is 1. The zero-order chi connectivity index (χ0) is 22.4. The van der Waals surface area contributed by atoms with E-state index in [0.29, 0.717) is 59.1 Å². The highest BCUT2D eigenvalue weighted by atomic mass is 16.5. The Morgan fingerprint density at radius 1 is 1.13 bits per heavy atom. The Morgan fingerprint density at radius 2 is 1.74 bits per heavy atom. The van der Waals surface area contributed by atoms with Gasteiger partial charge in [0.15, 0.2) is 0 Å². The topological polar surface area (TPSA) is 134 Å². The maximum absolute atomic E-state index is 12.8. The lowest BCUT2D eigenvalue weighted by atomic mass is 10.00. The number of carbonyl (C=O) groups excluding carboxylic acids is 1. The van der Waals surface area contributed by atoms with E-state index >= 15 is 0 Å². The van der Waals surface area contributed by atoms with Crippen LogP contribution in [0.4, 0.5) is 23.3 Å². The van der Waals surface area contributed by atoms with E-state index in [-0.39, 0.29) is 36.2 Å². The summed E-state index contributed by atoms with van der Waals surface area (Å²) < 4.78 is 5.83. The van der Waals surface area contributed by atoms with E-state index in [0.717, 1.165) is 6.42 Å². The fraction of sp³-hybridized carbons (Fsp3) is 0.545. The van der Waals surface area contributed by atoms with Crippen molar-refractivity contribution in [2.24, 2.45) is 5.92 Å². The van der Waals surface area contributed by atoms with Crippen molar-refractivity contribution >= 4 is 40.0 Å². The van der Waals surface area contributed by atoms with E-state index < -0.39 is 0 Å². The van der Waals surface area contributed by atoms with Gasteiger partial charge in [-0.05, 0) is 26.2 Å². The van der Waals surface area contributed by atoms with Crippen LogP contribution in [0.1, 0.15) is 45.2 Å². The molecule has 0 unspecified atom stereocenters.